The monoisotopic (exact) mass is 354 g/mol. The average molecular weight is 354 g/mol. The van der Waals surface area contributed by atoms with E-state index in [1.807, 2.05) is 0 Å². The van der Waals surface area contributed by atoms with E-state index in [0.29, 0.717) is 0 Å². The van der Waals surface area contributed by atoms with Crippen LogP contribution in [0.3, 0.4) is 0 Å². The molecule has 1 saturated heterocycles. The summed E-state index contributed by atoms with van der Waals surface area (Å²) in [6.07, 6.45) is -10.5. The number of carbonyl (C=O) groups excluding carboxylic acids is 1. The molecular weight excluding hydrogens is 342 g/mol. The Kier molecular flexibility index (Phi) is 5.64. The number of rotatable bonds is 4. The van der Waals surface area contributed by atoms with Crippen molar-refractivity contribution in [1.29, 1.82) is 0 Å². The van der Waals surface area contributed by atoms with Crippen LogP contribution in [0.5, 0.6) is 0 Å². The largest absolute Gasteiger partial charge is 0.538 e. The second-order valence-electron chi connectivity index (χ2n) is 3.87. The highest BCUT2D eigenvalue weighted by atomic mass is 31.3. The topological polar surface area (TPSA) is 221 Å². The van der Waals surface area contributed by atoms with E-state index in [9.17, 15) is 24.1 Å². The molecule has 1 rings (SSSR count). The Balaban J connectivity index is 2.80. The number of hydrogen-bond donors (Lipinski definition) is 7. The van der Waals surface area contributed by atoms with Gasteiger partial charge in [-0.05, 0) is 0 Å². The highest BCUT2D eigenvalue weighted by Gasteiger charge is 2.49. The molecule has 13 nitrogen and oxygen atoms in total. The van der Waals surface area contributed by atoms with Crippen molar-refractivity contribution in [3.63, 3.8) is 0 Å². The molecule has 0 aromatic rings. The second-order valence-corrected chi connectivity index (χ2v) is 6.62. The minimum atomic E-state index is -5.55. The maximum atomic E-state index is 11.4. The van der Waals surface area contributed by atoms with Crippen molar-refractivity contribution in [2.45, 2.75) is 30.7 Å². The summed E-state index contributed by atoms with van der Waals surface area (Å²) in [4.78, 5) is 37.0. The molecule has 6 atom stereocenters. The maximum Gasteiger partial charge on any atom is 0.538 e. The number of hydrogen-bond acceptors (Lipinski definition) is 10. The van der Waals surface area contributed by atoms with Crippen molar-refractivity contribution in [3.05, 3.63) is 0 Å². The van der Waals surface area contributed by atoms with Gasteiger partial charge < -0.3 is 39.5 Å². The fourth-order valence-electron chi connectivity index (χ4n) is 1.37. The van der Waals surface area contributed by atoms with Crippen molar-refractivity contribution in [1.82, 2.24) is 0 Å². The van der Waals surface area contributed by atoms with E-state index >= 15 is 0 Å². The molecule has 0 bridgehead atoms. The summed E-state index contributed by atoms with van der Waals surface area (Å²) in [6.45, 7) is 0. The molecule has 0 aliphatic carbocycles. The van der Waals surface area contributed by atoms with Crippen LogP contribution in [0.2, 0.25) is 0 Å². The predicted octanol–water partition coefficient (Wildman–Crippen LogP) is -3.46. The van der Waals surface area contributed by atoms with E-state index in [1.165, 1.54) is 0 Å². The minimum Gasteiger partial charge on any atom is -0.387 e. The standard InChI is InChI=1S/C6H12O13P2/c7-1-2(8)4(17-5(10)3(1)9)6(11)18-21(15,16)19-20(12,13)14/h1-5,7-10H,(H,15,16)(H2,12,13,14)/t1-,2-,3+,4-,5+/m0/s1. The number of phosphoric ester groups is 1. The number of aliphatic hydroxyl groups excluding tert-OH is 4. The first-order valence-corrected chi connectivity index (χ1v) is 8.07. The lowest BCUT2D eigenvalue weighted by Gasteiger charge is -2.36. The van der Waals surface area contributed by atoms with Gasteiger partial charge in [-0.2, -0.15) is 4.31 Å². The molecule has 21 heavy (non-hydrogen) atoms. The molecule has 1 fully saturated rings. The number of ether oxygens (including phenoxy) is 1. The van der Waals surface area contributed by atoms with E-state index in [-0.39, 0.29) is 0 Å². The van der Waals surface area contributed by atoms with E-state index in [1.54, 1.807) is 0 Å². The Morgan fingerprint density at radius 2 is 1.48 bits per heavy atom. The van der Waals surface area contributed by atoms with Crippen LogP contribution in [-0.4, -0.2) is 71.8 Å². The van der Waals surface area contributed by atoms with Crippen molar-refractivity contribution in [2.75, 3.05) is 0 Å². The van der Waals surface area contributed by atoms with Crippen molar-refractivity contribution in [3.8, 4) is 0 Å². The summed E-state index contributed by atoms with van der Waals surface area (Å²) in [5.41, 5.74) is 0. The molecule has 7 N–H and O–H groups in total. The number of phosphoric acid groups is 2. The van der Waals surface area contributed by atoms with Crippen molar-refractivity contribution in [2.24, 2.45) is 0 Å². The third kappa shape index (κ3) is 5.06. The molecule has 0 aromatic heterocycles. The highest BCUT2D eigenvalue weighted by Crippen LogP contribution is 2.57. The zero-order valence-electron chi connectivity index (χ0n) is 9.86. The number of carbonyl (C=O) groups is 1. The van der Waals surface area contributed by atoms with Crippen LogP contribution in [-0.2, 0) is 27.5 Å². The summed E-state index contributed by atoms with van der Waals surface area (Å²) in [7, 11) is -11.0. The lowest BCUT2D eigenvalue weighted by atomic mass is 9.99. The molecule has 0 radical (unpaired) electrons. The summed E-state index contributed by atoms with van der Waals surface area (Å²) in [5.74, 6) is -1.87. The summed E-state index contributed by atoms with van der Waals surface area (Å²) >= 11 is 0. The van der Waals surface area contributed by atoms with Gasteiger partial charge in [0.2, 0.25) is 0 Å². The van der Waals surface area contributed by atoms with Gasteiger partial charge in [-0.25, -0.2) is 13.9 Å². The fraction of sp³-hybridized carbons (Fsp3) is 0.833. The summed E-state index contributed by atoms with van der Waals surface area (Å²) in [6, 6.07) is 0. The summed E-state index contributed by atoms with van der Waals surface area (Å²) in [5, 5.41) is 37.0. The van der Waals surface area contributed by atoms with Crippen LogP contribution in [0.4, 0.5) is 0 Å². The predicted molar refractivity (Wildman–Crippen MR) is 57.9 cm³/mol. The molecular formula is C6H12O13P2. The van der Waals surface area contributed by atoms with Crippen LogP contribution in [0.25, 0.3) is 0 Å². The Bertz CT molecular complexity index is 485. The van der Waals surface area contributed by atoms with Crippen LogP contribution in [0.1, 0.15) is 0 Å². The fourth-order valence-corrected chi connectivity index (χ4v) is 2.91. The summed E-state index contributed by atoms with van der Waals surface area (Å²) < 4.78 is 32.9. The van der Waals surface area contributed by atoms with Gasteiger partial charge in [0.05, 0.1) is 0 Å². The molecule has 1 aliphatic heterocycles. The molecule has 0 spiro atoms. The van der Waals surface area contributed by atoms with Crippen molar-refractivity contribution < 1.29 is 62.6 Å². The van der Waals surface area contributed by atoms with E-state index in [4.69, 9.17) is 24.9 Å². The SMILES string of the molecule is O=C(OP(=O)(O)OP(=O)(O)O)[C@H]1O[C@@H](O)[C@H](O)[C@@H](O)[C@@H]1O. The van der Waals surface area contributed by atoms with E-state index in [2.05, 4.69) is 13.6 Å². The maximum absolute atomic E-state index is 11.4. The van der Waals surface area contributed by atoms with E-state index < -0.39 is 52.3 Å². The normalized spacial score (nSPS) is 36.8. The molecule has 0 amide bonds. The Labute approximate surface area is 116 Å². The first-order valence-electron chi connectivity index (χ1n) is 5.05. The van der Waals surface area contributed by atoms with Gasteiger partial charge in [0.15, 0.2) is 12.4 Å². The van der Waals surface area contributed by atoms with Crippen molar-refractivity contribution >= 4 is 21.6 Å². The van der Waals surface area contributed by atoms with Gasteiger partial charge in [-0.3, -0.25) is 4.89 Å². The quantitative estimate of drug-likeness (QED) is 0.244. The van der Waals surface area contributed by atoms with Gasteiger partial charge >= 0.3 is 21.6 Å². The second kappa shape index (κ2) is 6.36. The Morgan fingerprint density at radius 3 is 1.95 bits per heavy atom. The van der Waals surface area contributed by atoms with Gasteiger partial charge in [-0.1, -0.05) is 0 Å². The van der Waals surface area contributed by atoms with Gasteiger partial charge in [-0.15, -0.1) is 0 Å². The van der Waals surface area contributed by atoms with Gasteiger partial charge in [0.25, 0.3) is 0 Å². The smallest absolute Gasteiger partial charge is 0.387 e. The molecule has 15 heteroatoms. The third-order valence-corrected chi connectivity index (χ3v) is 4.32. The minimum absolute atomic E-state index is 1.87. The van der Waals surface area contributed by atoms with Crippen LogP contribution < -0.4 is 0 Å². The Morgan fingerprint density at radius 1 is 0.952 bits per heavy atom. The first kappa shape index (κ1) is 18.6. The van der Waals surface area contributed by atoms with Crippen LogP contribution in [0.15, 0.2) is 0 Å². The number of aliphatic hydroxyl groups is 4. The molecule has 1 aliphatic rings. The van der Waals surface area contributed by atoms with E-state index in [0.717, 1.165) is 0 Å². The third-order valence-electron chi connectivity index (χ3n) is 2.24. The lowest BCUT2D eigenvalue weighted by Crippen LogP contribution is -2.59. The molecule has 1 heterocycles. The zero-order chi connectivity index (χ0) is 16.6. The molecule has 1 unspecified atom stereocenters. The first-order chi connectivity index (χ1) is 9.34. The van der Waals surface area contributed by atoms with Gasteiger partial charge in [0, 0.05) is 0 Å². The molecule has 0 saturated carbocycles. The zero-order valence-corrected chi connectivity index (χ0v) is 11.7. The average Bonchev–Trinajstić information content (AvgIpc) is 2.27. The molecule has 0 aromatic carbocycles. The lowest BCUT2D eigenvalue weighted by molar-refractivity contribution is -0.279. The molecule has 124 valence electrons. The highest BCUT2D eigenvalue weighted by molar-refractivity contribution is 7.61. The Hall–Kier alpha value is -0.430. The van der Waals surface area contributed by atoms with Crippen LogP contribution >= 0.6 is 15.6 Å². The van der Waals surface area contributed by atoms with Gasteiger partial charge in [0.1, 0.15) is 18.3 Å². The van der Waals surface area contributed by atoms with Crippen LogP contribution in [0, 0.1) is 0 Å².